The summed E-state index contributed by atoms with van der Waals surface area (Å²) < 4.78 is 10.5. The first-order chi connectivity index (χ1) is 12.8. The van der Waals surface area contributed by atoms with Gasteiger partial charge in [0.2, 0.25) is 5.91 Å². The lowest BCUT2D eigenvalue weighted by atomic mass is 10.0. The van der Waals surface area contributed by atoms with Crippen LogP contribution in [0.25, 0.3) is 0 Å². The molecule has 2 aromatic rings. The highest BCUT2D eigenvalue weighted by molar-refractivity contribution is 5.76. The summed E-state index contributed by atoms with van der Waals surface area (Å²) in [4.78, 5) is 24.7. The number of amides is 1. The Morgan fingerprint density at radius 1 is 1.15 bits per heavy atom. The Morgan fingerprint density at radius 3 is 2.33 bits per heavy atom. The summed E-state index contributed by atoms with van der Waals surface area (Å²) in [5.74, 6) is 1.31. The third-order valence-electron chi connectivity index (χ3n) is 4.58. The lowest BCUT2D eigenvalue weighted by molar-refractivity contribution is -0.384. The van der Waals surface area contributed by atoms with E-state index in [1.807, 2.05) is 19.1 Å². The highest BCUT2D eigenvalue weighted by atomic mass is 16.6. The quantitative estimate of drug-likeness (QED) is 0.520. The fraction of sp³-hybridized carbons (Fsp3) is 0.350. The molecule has 7 heteroatoms. The van der Waals surface area contributed by atoms with E-state index in [0.29, 0.717) is 24.3 Å². The van der Waals surface area contributed by atoms with Gasteiger partial charge in [-0.05, 0) is 36.6 Å². The molecule has 27 heavy (non-hydrogen) atoms. The molecule has 0 radical (unpaired) electrons. The van der Waals surface area contributed by atoms with E-state index in [1.54, 1.807) is 44.4 Å². The van der Waals surface area contributed by atoms with E-state index in [4.69, 9.17) is 9.47 Å². The van der Waals surface area contributed by atoms with Gasteiger partial charge in [0, 0.05) is 31.7 Å². The summed E-state index contributed by atoms with van der Waals surface area (Å²) in [6.07, 6.45) is 0.852. The topological polar surface area (TPSA) is 81.9 Å². The van der Waals surface area contributed by atoms with Gasteiger partial charge in [0.05, 0.1) is 25.2 Å². The fourth-order valence-corrected chi connectivity index (χ4v) is 2.78. The molecule has 0 bridgehead atoms. The van der Waals surface area contributed by atoms with Crippen LogP contribution in [0.5, 0.6) is 11.5 Å². The van der Waals surface area contributed by atoms with Crippen molar-refractivity contribution in [3.8, 4) is 11.5 Å². The minimum Gasteiger partial charge on any atom is -0.497 e. The Labute approximate surface area is 158 Å². The van der Waals surface area contributed by atoms with Crippen molar-refractivity contribution < 1.29 is 19.2 Å². The minimum absolute atomic E-state index is 0.0173. The monoisotopic (exact) mass is 372 g/mol. The molecule has 144 valence electrons. The Kier molecular flexibility index (Phi) is 6.76. The molecule has 1 atom stereocenters. The normalized spacial score (nSPS) is 11.6. The molecule has 0 spiro atoms. The Morgan fingerprint density at radius 2 is 1.78 bits per heavy atom. The van der Waals surface area contributed by atoms with Crippen LogP contribution in [0.1, 0.15) is 30.5 Å². The number of nitrogens with zero attached hydrogens (tertiary/aromatic N) is 2. The van der Waals surface area contributed by atoms with E-state index >= 15 is 0 Å². The van der Waals surface area contributed by atoms with Crippen LogP contribution in [-0.2, 0) is 11.2 Å². The van der Waals surface area contributed by atoms with Crippen molar-refractivity contribution >= 4 is 11.6 Å². The molecule has 0 saturated carbocycles. The summed E-state index contributed by atoms with van der Waals surface area (Å²) in [6, 6.07) is 11.6. The fourth-order valence-electron chi connectivity index (χ4n) is 2.78. The maximum atomic E-state index is 12.6. The minimum atomic E-state index is -0.436. The number of rotatable bonds is 8. The van der Waals surface area contributed by atoms with E-state index < -0.39 is 4.92 Å². The van der Waals surface area contributed by atoms with Crippen molar-refractivity contribution in [2.45, 2.75) is 25.8 Å². The van der Waals surface area contributed by atoms with Crippen LogP contribution >= 0.6 is 0 Å². The molecule has 1 amide bonds. The third kappa shape index (κ3) is 5.20. The van der Waals surface area contributed by atoms with Gasteiger partial charge < -0.3 is 14.4 Å². The first kappa shape index (κ1) is 20.2. The van der Waals surface area contributed by atoms with Crippen molar-refractivity contribution in [1.29, 1.82) is 0 Å². The number of methoxy groups -OCH3 is 2. The van der Waals surface area contributed by atoms with Gasteiger partial charge in [0.15, 0.2) is 0 Å². The van der Waals surface area contributed by atoms with Gasteiger partial charge in [-0.2, -0.15) is 0 Å². The zero-order valence-corrected chi connectivity index (χ0v) is 16.0. The number of aryl methyl sites for hydroxylation is 1. The number of hydrogen-bond donors (Lipinski definition) is 0. The number of carbonyl (C=O) groups is 1. The molecule has 0 aliphatic heterocycles. The third-order valence-corrected chi connectivity index (χ3v) is 4.58. The molecule has 0 saturated heterocycles. The number of nitro benzene ring substituents is 1. The zero-order valence-electron chi connectivity index (χ0n) is 16.0. The van der Waals surface area contributed by atoms with Crippen LogP contribution in [0, 0.1) is 10.1 Å². The average molecular weight is 372 g/mol. The number of non-ortho nitro benzene ring substituents is 1. The number of carbonyl (C=O) groups excluding carboxylic acids is 1. The van der Waals surface area contributed by atoms with Gasteiger partial charge >= 0.3 is 0 Å². The van der Waals surface area contributed by atoms with E-state index in [0.717, 1.165) is 11.1 Å². The standard InChI is InChI=1S/C20H24N2O5/c1-14(16-6-5-7-17(12-16)22(24)25)21(2)20(23)9-8-15-10-18(26-3)13-19(11-15)27-4/h5-7,10-14H,8-9H2,1-4H3/t14-/m1/s1. The predicted octanol–water partition coefficient (Wildman–Crippen LogP) is 3.76. The Bertz CT molecular complexity index is 800. The smallest absolute Gasteiger partial charge is 0.269 e. The van der Waals surface area contributed by atoms with Gasteiger partial charge in [0.25, 0.3) is 5.69 Å². The second kappa shape index (κ2) is 9.02. The van der Waals surface area contributed by atoms with Gasteiger partial charge in [-0.3, -0.25) is 14.9 Å². The summed E-state index contributed by atoms with van der Waals surface area (Å²) in [6.45, 7) is 1.85. The van der Waals surface area contributed by atoms with E-state index in [-0.39, 0.29) is 17.6 Å². The van der Waals surface area contributed by atoms with E-state index in [2.05, 4.69) is 0 Å². The predicted molar refractivity (Wildman–Crippen MR) is 102 cm³/mol. The zero-order chi connectivity index (χ0) is 20.0. The van der Waals surface area contributed by atoms with Gasteiger partial charge in [-0.1, -0.05) is 12.1 Å². The van der Waals surface area contributed by atoms with Crippen molar-refractivity contribution in [1.82, 2.24) is 4.90 Å². The van der Waals surface area contributed by atoms with E-state index in [9.17, 15) is 14.9 Å². The molecule has 0 aliphatic carbocycles. The van der Waals surface area contributed by atoms with Gasteiger partial charge in [-0.15, -0.1) is 0 Å². The maximum Gasteiger partial charge on any atom is 0.269 e. The van der Waals surface area contributed by atoms with Crippen molar-refractivity contribution in [2.75, 3.05) is 21.3 Å². The van der Waals surface area contributed by atoms with E-state index in [1.165, 1.54) is 12.1 Å². The van der Waals surface area contributed by atoms with Crippen molar-refractivity contribution in [2.24, 2.45) is 0 Å². The second-order valence-electron chi connectivity index (χ2n) is 6.25. The Balaban J connectivity index is 2.05. The summed E-state index contributed by atoms with van der Waals surface area (Å²) >= 11 is 0. The van der Waals surface area contributed by atoms with Crippen LogP contribution < -0.4 is 9.47 Å². The molecular formula is C20H24N2O5. The van der Waals surface area contributed by atoms with Crippen molar-refractivity contribution in [3.05, 3.63) is 63.7 Å². The molecule has 2 aromatic carbocycles. The molecular weight excluding hydrogens is 348 g/mol. The maximum absolute atomic E-state index is 12.6. The molecule has 0 aliphatic rings. The summed E-state index contributed by atoms with van der Waals surface area (Å²) in [7, 11) is 4.87. The molecule has 0 unspecified atom stereocenters. The molecule has 0 heterocycles. The first-order valence-corrected chi connectivity index (χ1v) is 8.57. The molecule has 0 N–H and O–H groups in total. The second-order valence-corrected chi connectivity index (χ2v) is 6.25. The SMILES string of the molecule is COc1cc(CCC(=O)N(C)[C@H](C)c2cccc([N+](=O)[O-])c2)cc(OC)c1. The summed E-state index contributed by atoms with van der Waals surface area (Å²) in [5, 5.41) is 10.9. The number of hydrogen-bond acceptors (Lipinski definition) is 5. The first-order valence-electron chi connectivity index (χ1n) is 8.57. The molecule has 7 nitrogen and oxygen atoms in total. The molecule has 2 rings (SSSR count). The highest BCUT2D eigenvalue weighted by Gasteiger charge is 2.19. The van der Waals surface area contributed by atoms with Crippen LogP contribution in [0.15, 0.2) is 42.5 Å². The van der Waals surface area contributed by atoms with Crippen LogP contribution in [0.4, 0.5) is 5.69 Å². The van der Waals surface area contributed by atoms with Gasteiger partial charge in [-0.25, -0.2) is 0 Å². The largest absolute Gasteiger partial charge is 0.497 e. The Hall–Kier alpha value is -3.09. The number of ether oxygens (including phenoxy) is 2. The molecule has 0 aromatic heterocycles. The number of nitro groups is 1. The highest BCUT2D eigenvalue weighted by Crippen LogP contribution is 2.25. The number of benzene rings is 2. The van der Waals surface area contributed by atoms with Crippen LogP contribution in [0.2, 0.25) is 0 Å². The molecule has 0 fully saturated rings. The summed E-state index contributed by atoms with van der Waals surface area (Å²) in [5.41, 5.74) is 1.68. The van der Waals surface area contributed by atoms with Crippen LogP contribution in [0.3, 0.4) is 0 Å². The van der Waals surface area contributed by atoms with Crippen LogP contribution in [-0.4, -0.2) is 37.0 Å². The lowest BCUT2D eigenvalue weighted by Gasteiger charge is -2.25. The lowest BCUT2D eigenvalue weighted by Crippen LogP contribution is -2.29. The van der Waals surface area contributed by atoms with Crippen molar-refractivity contribution in [3.63, 3.8) is 0 Å². The van der Waals surface area contributed by atoms with Gasteiger partial charge in [0.1, 0.15) is 11.5 Å². The average Bonchev–Trinajstić information content (AvgIpc) is 2.70.